The van der Waals surface area contributed by atoms with Crippen molar-refractivity contribution in [3.8, 4) is 5.75 Å². The van der Waals surface area contributed by atoms with Crippen LogP contribution in [0.3, 0.4) is 0 Å². The fraction of sp³-hybridized carbons (Fsp3) is 0.316. The molecule has 1 aromatic carbocycles. The highest BCUT2D eigenvalue weighted by Crippen LogP contribution is 2.21. The third-order valence-corrected chi connectivity index (χ3v) is 4.55. The molecule has 140 valence electrons. The second kappa shape index (κ2) is 7.63. The molecule has 1 aliphatic rings. The Hall–Kier alpha value is -3.13. The van der Waals surface area contributed by atoms with Crippen molar-refractivity contribution in [3.63, 3.8) is 0 Å². The molecule has 8 heteroatoms. The zero-order chi connectivity index (χ0) is 18.6. The van der Waals surface area contributed by atoms with Crippen LogP contribution in [0.15, 0.2) is 36.7 Å². The van der Waals surface area contributed by atoms with Crippen LogP contribution in [0.25, 0.3) is 10.9 Å². The Labute approximate surface area is 156 Å². The monoisotopic (exact) mass is 367 g/mol. The highest BCUT2D eigenvalue weighted by molar-refractivity contribution is 5.98. The number of carbonyl (C=O) groups is 1. The van der Waals surface area contributed by atoms with Crippen LogP contribution < -0.4 is 15.0 Å². The van der Waals surface area contributed by atoms with Crippen molar-refractivity contribution in [2.75, 3.05) is 38.3 Å². The molecule has 8 nitrogen and oxygen atoms in total. The zero-order valence-electron chi connectivity index (χ0n) is 15.1. The number of methoxy groups -OCH3 is 1. The molecule has 0 radical (unpaired) electrons. The van der Waals surface area contributed by atoms with Crippen LogP contribution in [-0.4, -0.2) is 54.3 Å². The molecule has 0 bridgehead atoms. The maximum absolute atomic E-state index is 12.5. The molecule has 0 saturated carbocycles. The highest BCUT2D eigenvalue weighted by atomic mass is 16.5. The maximum Gasteiger partial charge on any atom is 0.268 e. The van der Waals surface area contributed by atoms with Crippen LogP contribution in [0.5, 0.6) is 5.75 Å². The quantitative estimate of drug-likeness (QED) is 0.714. The van der Waals surface area contributed by atoms with Gasteiger partial charge in [-0.05, 0) is 24.3 Å². The van der Waals surface area contributed by atoms with Gasteiger partial charge in [0.15, 0.2) is 0 Å². The Bertz CT molecular complexity index is 949. The number of ether oxygens (including phenoxy) is 2. The number of nitrogens with zero attached hydrogens (tertiary/aromatic N) is 3. The number of morpholine rings is 1. The lowest BCUT2D eigenvalue weighted by atomic mass is 10.2. The van der Waals surface area contributed by atoms with Gasteiger partial charge in [-0.1, -0.05) is 0 Å². The van der Waals surface area contributed by atoms with Crippen LogP contribution in [-0.2, 0) is 11.3 Å². The molecule has 0 aliphatic carbocycles. The summed E-state index contributed by atoms with van der Waals surface area (Å²) in [6.07, 6.45) is 1.53. The van der Waals surface area contributed by atoms with Gasteiger partial charge in [-0.25, -0.2) is 9.97 Å². The van der Waals surface area contributed by atoms with Crippen molar-refractivity contribution in [2.24, 2.45) is 0 Å². The van der Waals surface area contributed by atoms with Crippen LogP contribution >= 0.6 is 0 Å². The Kier molecular flexibility index (Phi) is 4.88. The highest BCUT2D eigenvalue weighted by Gasteiger charge is 2.14. The summed E-state index contributed by atoms with van der Waals surface area (Å²) in [6, 6.07) is 9.36. The molecular formula is C19H21N5O3. The van der Waals surface area contributed by atoms with E-state index in [1.54, 1.807) is 7.11 Å². The number of hydrogen-bond acceptors (Lipinski definition) is 6. The molecule has 1 fully saturated rings. The van der Waals surface area contributed by atoms with Gasteiger partial charge in [-0.2, -0.15) is 0 Å². The topological polar surface area (TPSA) is 92.4 Å². The number of aromatic nitrogens is 3. The first kappa shape index (κ1) is 17.3. The van der Waals surface area contributed by atoms with E-state index in [1.165, 1.54) is 6.33 Å². The summed E-state index contributed by atoms with van der Waals surface area (Å²) in [5.41, 5.74) is 2.15. The lowest BCUT2D eigenvalue weighted by Crippen LogP contribution is -2.37. The van der Waals surface area contributed by atoms with Crippen molar-refractivity contribution in [1.29, 1.82) is 0 Å². The minimum absolute atomic E-state index is 0.184. The van der Waals surface area contributed by atoms with E-state index in [2.05, 4.69) is 25.2 Å². The van der Waals surface area contributed by atoms with Gasteiger partial charge < -0.3 is 24.7 Å². The molecule has 3 heterocycles. The van der Waals surface area contributed by atoms with Crippen molar-refractivity contribution >= 4 is 22.6 Å². The summed E-state index contributed by atoms with van der Waals surface area (Å²) >= 11 is 0. The Morgan fingerprint density at radius 2 is 2.11 bits per heavy atom. The SMILES string of the molecule is COc1ccc2[nH]c(C(=O)NCc3cc(N4CCOCC4)ncn3)cc2c1. The zero-order valence-corrected chi connectivity index (χ0v) is 15.1. The van der Waals surface area contributed by atoms with Crippen molar-refractivity contribution in [2.45, 2.75) is 6.54 Å². The van der Waals surface area contributed by atoms with Gasteiger partial charge in [-0.3, -0.25) is 4.79 Å². The smallest absolute Gasteiger partial charge is 0.268 e. The predicted octanol–water partition coefficient (Wildman–Crippen LogP) is 1.73. The van der Waals surface area contributed by atoms with Gasteiger partial charge in [0.2, 0.25) is 0 Å². The van der Waals surface area contributed by atoms with Crippen LogP contribution in [0.4, 0.5) is 5.82 Å². The summed E-state index contributed by atoms with van der Waals surface area (Å²) in [6.45, 7) is 3.34. The molecule has 0 spiro atoms. The molecule has 27 heavy (non-hydrogen) atoms. The number of anilines is 1. The van der Waals surface area contributed by atoms with E-state index >= 15 is 0 Å². The fourth-order valence-electron chi connectivity index (χ4n) is 3.07. The summed E-state index contributed by atoms with van der Waals surface area (Å²) < 4.78 is 10.6. The Balaban J connectivity index is 1.43. The van der Waals surface area contributed by atoms with Gasteiger partial charge >= 0.3 is 0 Å². The number of hydrogen-bond donors (Lipinski definition) is 2. The fourth-order valence-corrected chi connectivity index (χ4v) is 3.07. The number of aromatic amines is 1. The van der Waals surface area contributed by atoms with Crippen molar-refractivity contribution < 1.29 is 14.3 Å². The second-order valence-corrected chi connectivity index (χ2v) is 6.29. The summed E-state index contributed by atoms with van der Waals surface area (Å²) in [7, 11) is 1.62. The molecule has 0 atom stereocenters. The Morgan fingerprint density at radius 1 is 1.26 bits per heavy atom. The van der Waals surface area contributed by atoms with Crippen molar-refractivity contribution in [1.82, 2.24) is 20.3 Å². The summed E-state index contributed by atoms with van der Waals surface area (Å²) in [4.78, 5) is 26.3. The normalized spacial score (nSPS) is 14.3. The predicted molar refractivity (Wildman–Crippen MR) is 101 cm³/mol. The maximum atomic E-state index is 12.5. The molecular weight excluding hydrogens is 346 g/mol. The van der Waals surface area contributed by atoms with E-state index in [-0.39, 0.29) is 5.91 Å². The largest absolute Gasteiger partial charge is 0.497 e. The van der Waals surface area contributed by atoms with Crippen LogP contribution in [0.1, 0.15) is 16.2 Å². The van der Waals surface area contributed by atoms with Gasteiger partial charge in [-0.15, -0.1) is 0 Å². The Morgan fingerprint density at radius 3 is 2.93 bits per heavy atom. The van der Waals surface area contributed by atoms with Gasteiger partial charge in [0.1, 0.15) is 23.6 Å². The molecule has 1 amide bonds. The van der Waals surface area contributed by atoms with Gasteiger partial charge in [0, 0.05) is 30.1 Å². The summed E-state index contributed by atoms with van der Waals surface area (Å²) in [5, 5.41) is 3.83. The third kappa shape index (κ3) is 3.85. The third-order valence-electron chi connectivity index (χ3n) is 4.55. The van der Waals surface area contributed by atoms with E-state index in [9.17, 15) is 4.79 Å². The van der Waals surface area contributed by atoms with E-state index in [0.29, 0.717) is 25.5 Å². The van der Waals surface area contributed by atoms with E-state index in [4.69, 9.17) is 9.47 Å². The minimum Gasteiger partial charge on any atom is -0.497 e. The number of rotatable bonds is 5. The first-order chi connectivity index (χ1) is 13.2. The lowest BCUT2D eigenvalue weighted by molar-refractivity contribution is 0.0946. The molecule has 3 aromatic rings. The van der Waals surface area contributed by atoms with E-state index in [1.807, 2.05) is 30.3 Å². The molecule has 2 N–H and O–H groups in total. The van der Waals surface area contributed by atoms with Gasteiger partial charge in [0.25, 0.3) is 5.91 Å². The second-order valence-electron chi connectivity index (χ2n) is 6.29. The van der Waals surface area contributed by atoms with Crippen LogP contribution in [0, 0.1) is 0 Å². The average Bonchev–Trinajstić information content (AvgIpc) is 3.16. The van der Waals surface area contributed by atoms with Crippen LogP contribution in [0.2, 0.25) is 0 Å². The van der Waals surface area contributed by atoms with E-state index < -0.39 is 0 Å². The first-order valence-electron chi connectivity index (χ1n) is 8.81. The number of fused-ring (bicyclic) bond motifs is 1. The number of amides is 1. The van der Waals surface area contributed by atoms with E-state index in [0.717, 1.165) is 41.3 Å². The average molecular weight is 367 g/mol. The number of nitrogens with one attached hydrogen (secondary N) is 2. The number of H-pyrrole nitrogens is 1. The number of carbonyl (C=O) groups excluding carboxylic acids is 1. The standard InChI is InChI=1S/C19H21N5O3/c1-26-15-2-3-16-13(8-15)9-17(23-16)19(25)20-11-14-10-18(22-12-21-14)24-4-6-27-7-5-24/h2-3,8-10,12,23H,4-7,11H2,1H3,(H,20,25). The summed E-state index contributed by atoms with van der Waals surface area (Å²) in [5.74, 6) is 1.43. The van der Waals surface area contributed by atoms with Gasteiger partial charge in [0.05, 0.1) is 32.6 Å². The molecule has 4 rings (SSSR count). The number of benzene rings is 1. The first-order valence-corrected chi connectivity index (χ1v) is 8.81. The molecule has 1 aliphatic heterocycles. The minimum atomic E-state index is -0.184. The lowest BCUT2D eigenvalue weighted by Gasteiger charge is -2.27. The molecule has 1 saturated heterocycles. The van der Waals surface area contributed by atoms with Crippen molar-refractivity contribution in [3.05, 3.63) is 48.0 Å². The molecule has 2 aromatic heterocycles. The molecule has 0 unspecified atom stereocenters.